The van der Waals surface area contributed by atoms with E-state index in [0.29, 0.717) is 33.6 Å². The van der Waals surface area contributed by atoms with Crippen LogP contribution in [0.1, 0.15) is 39.8 Å². The van der Waals surface area contributed by atoms with Crippen LogP contribution < -0.4 is 10.1 Å². The Bertz CT molecular complexity index is 960. The van der Waals surface area contributed by atoms with Gasteiger partial charge in [0.2, 0.25) is 0 Å². The number of furan rings is 1. The van der Waals surface area contributed by atoms with Gasteiger partial charge in [-0.15, -0.1) is 0 Å². The van der Waals surface area contributed by atoms with Gasteiger partial charge in [0.05, 0.1) is 18.9 Å². The number of ether oxygens (including phenoxy) is 2. The maximum atomic E-state index is 12.5. The van der Waals surface area contributed by atoms with E-state index >= 15 is 0 Å². The highest BCUT2D eigenvalue weighted by atomic mass is 32.1. The van der Waals surface area contributed by atoms with Crippen LogP contribution in [0.15, 0.2) is 28.7 Å². The van der Waals surface area contributed by atoms with Gasteiger partial charge in [0.1, 0.15) is 4.88 Å². The number of aromatic nitrogens is 1. The molecule has 0 unspecified atom stereocenters. The molecular weight excluding hydrogens is 356 g/mol. The monoisotopic (exact) mass is 374 g/mol. The van der Waals surface area contributed by atoms with Gasteiger partial charge in [-0.25, -0.2) is 9.78 Å². The van der Waals surface area contributed by atoms with Crippen molar-refractivity contribution in [3.63, 3.8) is 0 Å². The third-order valence-electron chi connectivity index (χ3n) is 3.51. The first-order chi connectivity index (χ1) is 12.5. The Labute approximate surface area is 153 Å². The summed E-state index contributed by atoms with van der Waals surface area (Å²) in [6, 6.07) is 7.09. The fourth-order valence-electron chi connectivity index (χ4n) is 2.41. The molecule has 0 radical (unpaired) electrons. The second-order valence-corrected chi connectivity index (χ2v) is 6.33. The number of hydrogen-bond acceptors (Lipinski definition) is 7. The predicted octanol–water partition coefficient (Wildman–Crippen LogP) is 4.03. The van der Waals surface area contributed by atoms with E-state index in [2.05, 4.69) is 10.3 Å². The molecule has 1 aromatic carbocycles. The number of thiazole rings is 1. The number of para-hydroxylation sites is 1. The number of nitrogens with one attached hydrogen (secondary N) is 1. The van der Waals surface area contributed by atoms with Crippen molar-refractivity contribution in [2.75, 3.05) is 18.5 Å². The Hall–Kier alpha value is -2.87. The Morgan fingerprint density at radius 3 is 2.81 bits per heavy atom. The van der Waals surface area contributed by atoms with E-state index in [-0.39, 0.29) is 12.4 Å². The summed E-state index contributed by atoms with van der Waals surface area (Å²) in [5.74, 6) is -0.183. The van der Waals surface area contributed by atoms with Gasteiger partial charge in [0, 0.05) is 5.39 Å². The normalized spacial score (nSPS) is 10.7. The summed E-state index contributed by atoms with van der Waals surface area (Å²) >= 11 is 1.06. The summed E-state index contributed by atoms with van der Waals surface area (Å²) in [4.78, 5) is 28.9. The highest BCUT2D eigenvalue weighted by Gasteiger charge is 2.20. The third kappa shape index (κ3) is 3.55. The van der Waals surface area contributed by atoms with Crippen molar-refractivity contribution in [2.24, 2.45) is 0 Å². The van der Waals surface area contributed by atoms with Crippen LogP contribution in [0, 0.1) is 6.92 Å². The van der Waals surface area contributed by atoms with Gasteiger partial charge in [-0.2, -0.15) is 0 Å². The van der Waals surface area contributed by atoms with Gasteiger partial charge in [0.25, 0.3) is 5.91 Å². The molecule has 0 fully saturated rings. The SMILES string of the molecule is CCOC(=O)c1sc(NC(=O)c2cc3cccc(OCC)c3o2)nc1C. The molecule has 0 aliphatic heterocycles. The molecule has 7 nitrogen and oxygen atoms in total. The first kappa shape index (κ1) is 17.9. The number of anilines is 1. The van der Waals surface area contributed by atoms with Crippen molar-refractivity contribution < 1.29 is 23.5 Å². The third-order valence-corrected chi connectivity index (χ3v) is 4.56. The van der Waals surface area contributed by atoms with E-state index in [4.69, 9.17) is 13.9 Å². The molecule has 2 heterocycles. The Morgan fingerprint density at radius 1 is 1.27 bits per heavy atom. The number of amides is 1. The van der Waals surface area contributed by atoms with Crippen molar-refractivity contribution in [3.05, 3.63) is 40.6 Å². The van der Waals surface area contributed by atoms with E-state index in [1.807, 2.05) is 19.1 Å². The topological polar surface area (TPSA) is 90.7 Å². The van der Waals surface area contributed by atoms with E-state index in [9.17, 15) is 9.59 Å². The van der Waals surface area contributed by atoms with Crippen LogP contribution in [0.5, 0.6) is 5.75 Å². The minimum absolute atomic E-state index is 0.137. The van der Waals surface area contributed by atoms with Crippen LogP contribution in [0.4, 0.5) is 5.13 Å². The van der Waals surface area contributed by atoms with Crippen molar-refractivity contribution >= 4 is 39.3 Å². The first-order valence-electron chi connectivity index (χ1n) is 8.14. The molecule has 3 aromatic rings. The predicted molar refractivity (Wildman–Crippen MR) is 98.1 cm³/mol. The number of carbonyl (C=O) groups excluding carboxylic acids is 2. The highest BCUT2D eigenvalue weighted by Crippen LogP contribution is 2.30. The van der Waals surface area contributed by atoms with Crippen LogP contribution in [0.2, 0.25) is 0 Å². The Balaban J connectivity index is 1.82. The van der Waals surface area contributed by atoms with Gasteiger partial charge in [-0.1, -0.05) is 23.5 Å². The number of nitrogens with zero attached hydrogens (tertiary/aromatic N) is 1. The van der Waals surface area contributed by atoms with E-state index in [1.165, 1.54) is 0 Å². The molecule has 1 amide bonds. The second-order valence-electron chi connectivity index (χ2n) is 5.33. The zero-order valence-electron chi connectivity index (χ0n) is 14.6. The molecule has 0 saturated carbocycles. The lowest BCUT2D eigenvalue weighted by atomic mass is 10.2. The standard InChI is InChI=1S/C18H18N2O5S/c1-4-23-12-8-6-7-11-9-13(25-14(11)12)16(21)20-18-19-10(3)15(26-18)17(22)24-5-2/h6-9H,4-5H2,1-3H3,(H,19,20,21). The number of esters is 1. The van der Waals surface area contributed by atoms with Crippen molar-refractivity contribution in [2.45, 2.75) is 20.8 Å². The van der Waals surface area contributed by atoms with Gasteiger partial charge >= 0.3 is 5.97 Å². The molecular formula is C18H18N2O5S. The van der Waals surface area contributed by atoms with Crippen LogP contribution in [-0.4, -0.2) is 30.1 Å². The fourth-order valence-corrected chi connectivity index (χ4v) is 3.27. The second kappa shape index (κ2) is 7.57. The summed E-state index contributed by atoms with van der Waals surface area (Å²) in [7, 11) is 0. The molecule has 2 aromatic heterocycles. The number of fused-ring (bicyclic) bond motifs is 1. The number of aryl methyl sites for hydroxylation is 1. The van der Waals surface area contributed by atoms with Gasteiger partial charge in [-0.3, -0.25) is 10.1 Å². The number of rotatable bonds is 6. The van der Waals surface area contributed by atoms with E-state index in [0.717, 1.165) is 16.7 Å². The zero-order chi connectivity index (χ0) is 18.7. The lowest BCUT2D eigenvalue weighted by molar-refractivity contribution is 0.0531. The summed E-state index contributed by atoms with van der Waals surface area (Å²) in [6.07, 6.45) is 0. The maximum absolute atomic E-state index is 12.5. The summed E-state index contributed by atoms with van der Waals surface area (Å²) in [5, 5.41) is 3.73. The molecule has 3 rings (SSSR count). The van der Waals surface area contributed by atoms with Crippen molar-refractivity contribution in [1.82, 2.24) is 4.98 Å². The van der Waals surface area contributed by atoms with Gasteiger partial charge < -0.3 is 13.9 Å². The molecule has 0 saturated heterocycles. The molecule has 26 heavy (non-hydrogen) atoms. The molecule has 8 heteroatoms. The zero-order valence-corrected chi connectivity index (χ0v) is 15.4. The quantitative estimate of drug-likeness (QED) is 0.655. The van der Waals surface area contributed by atoms with Crippen molar-refractivity contribution in [1.29, 1.82) is 0 Å². The first-order valence-corrected chi connectivity index (χ1v) is 8.96. The molecule has 0 atom stereocenters. The summed E-state index contributed by atoms with van der Waals surface area (Å²) < 4.78 is 16.1. The van der Waals surface area contributed by atoms with Gasteiger partial charge in [0.15, 0.2) is 22.2 Å². The van der Waals surface area contributed by atoms with E-state index in [1.54, 1.807) is 26.0 Å². The summed E-state index contributed by atoms with van der Waals surface area (Å²) in [6.45, 7) is 6.07. The summed E-state index contributed by atoms with van der Waals surface area (Å²) in [5.41, 5.74) is 1.02. The molecule has 0 bridgehead atoms. The number of carbonyl (C=O) groups is 2. The largest absolute Gasteiger partial charge is 0.490 e. The maximum Gasteiger partial charge on any atom is 0.350 e. The lowest BCUT2D eigenvalue weighted by Crippen LogP contribution is -2.10. The van der Waals surface area contributed by atoms with Crippen LogP contribution >= 0.6 is 11.3 Å². The Morgan fingerprint density at radius 2 is 2.08 bits per heavy atom. The van der Waals surface area contributed by atoms with Crippen LogP contribution in [0.25, 0.3) is 11.0 Å². The molecule has 1 N–H and O–H groups in total. The molecule has 136 valence electrons. The smallest absolute Gasteiger partial charge is 0.350 e. The Kier molecular flexibility index (Phi) is 5.22. The van der Waals surface area contributed by atoms with Crippen molar-refractivity contribution in [3.8, 4) is 5.75 Å². The fraction of sp³-hybridized carbons (Fsp3) is 0.278. The molecule has 0 aliphatic carbocycles. The minimum Gasteiger partial charge on any atom is -0.490 e. The highest BCUT2D eigenvalue weighted by molar-refractivity contribution is 7.17. The lowest BCUT2D eigenvalue weighted by Gasteiger charge is -2.02. The minimum atomic E-state index is -0.451. The van der Waals surface area contributed by atoms with Crippen LogP contribution in [-0.2, 0) is 4.74 Å². The average Bonchev–Trinajstić information content (AvgIpc) is 3.19. The average molecular weight is 374 g/mol. The molecule has 0 aliphatic rings. The number of benzene rings is 1. The van der Waals surface area contributed by atoms with Gasteiger partial charge in [-0.05, 0) is 32.9 Å². The van der Waals surface area contributed by atoms with Crippen LogP contribution in [0.3, 0.4) is 0 Å². The number of hydrogen-bond donors (Lipinski definition) is 1. The van der Waals surface area contributed by atoms with E-state index < -0.39 is 11.9 Å². The molecule has 0 spiro atoms.